The molecule has 0 unspecified atom stereocenters. The molecule has 7 heteroatoms. The van der Waals surface area contributed by atoms with Crippen molar-refractivity contribution >= 4 is 5.82 Å². The zero-order valence-electron chi connectivity index (χ0n) is 12.0. The standard InChI is InChI=1S/C14H19N5O2/c1-20-8-7-16-12-5-4-10(9-17-12)13-18-14(21-19-13)11-3-2-6-15-11/h4-5,9,11,15H,2-3,6-8H2,1H3,(H,16,17)/t11-/m0/s1. The molecule has 0 aliphatic carbocycles. The van der Waals surface area contributed by atoms with Crippen molar-refractivity contribution in [2.75, 3.05) is 32.1 Å². The monoisotopic (exact) mass is 289 g/mol. The predicted molar refractivity (Wildman–Crippen MR) is 77.9 cm³/mol. The van der Waals surface area contributed by atoms with Gasteiger partial charge in [-0.05, 0) is 31.5 Å². The van der Waals surface area contributed by atoms with Crippen molar-refractivity contribution in [2.45, 2.75) is 18.9 Å². The average Bonchev–Trinajstić information content (AvgIpc) is 3.19. The highest BCUT2D eigenvalue weighted by atomic mass is 16.5. The van der Waals surface area contributed by atoms with Crippen LogP contribution < -0.4 is 10.6 Å². The van der Waals surface area contributed by atoms with Crippen LogP contribution in [0.4, 0.5) is 5.82 Å². The lowest BCUT2D eigenvalue weighted by molar-refractivity contribution is 0.210. The number of pyridine rings is 1. The lowest BCUT2D eigenvalue weighted by atomic mass is 10.2. The van der Waals surface area contributed by atoms with E-state index in [0.29, 0.717) is 18.3 Å². The molecule has 0 spiro atoms. The van der Waals surface area contributed by atoms with E-state index in [2.05, 4.69) is 25.8 Å². The summed E-state index contributed by atoms with van der Waals surface area (Å²) in [5.41, 5.74) is 0.847. The number of nitrogens with zero attached hydrogens (tertiary/aromatic N) is 3. The van der Waals surface area contributed by atoms with Crippen LogP contribution in [0.2, 0.25) is 0 Å². The Labute approximate surface area is 123 Å². The highest BCUT2D eigenvalue weighted by molar-refractivity contribution is 5.55. The van der Waals surface area contributed by atoms with Gasteiger partial charge in [-0.15, -0.1) is 0 Å². The Hall–Kier alpha value is -1.99. The summed E-state index contributed by atoms with van der Waals surface area (Å²) in [5, 5.41) is 10.5. The van der Waals surface area contributed by atoms with Crippen LogP contribution in [-0.2, 0) is 4.74 Å². The van der Waals surface area contributed by atoms with Crippen molar-refractivity contribution in [3.05, 3.63) is 24.2 Å². The molecule has 21 heavy (non-hydrogen) atoms. The quantitative estimate of drug-likeness (QED) is 0.781. The molecule has 3 heterocycles. The molecule has 3 rings (SSSR count). The number of ether oxygens (including phenoxy) is 1. The minimum atomic E-state index is 0.189. The molecule has 1 aliphatic rings. The highest BCUT2D eigenvalue weighted by Gasteiger charge is 2.22. The Morgan fingerprint density at radius 2 is 2.43 bits per heavy atom. The molecular weight excluding hydrogens is 270 g/mol. The molecule has 112 valence electrons. The molecular formula is C14H19N5O2. The van der Waals surface area contributed by atoms with Crippen LogP contribution in [0.1, 0.15) is 24.8 Å². The van der Waals surface area contributed by atoms with Crippen molar-refractivity contribution in [1.29, 1.82) is 0 Å². The van der Waals surface area contributed by atoms with Gasteiger partial charge in [-0.25, -0.2) is 4.98 Å². The van der Waals surface area contributed by atoms with E-state index in [1.807, 2.05) is 12.1 Å². The molecule has 1 atom stereocenters. The van der Waals surface area contributed by atoms with E-state index in [1.165, 1.54) is 0 Å². The zero-order chi connectivity index (χ0) is 14.5. The lowest BCUT2D eigenvalue weighted by Crippen LogP contribution is -2.12. The molecule has 7 nitrogen and oxygen atoms in total. The first kappa shape index (κ1) is 14.0. The molecule has 2 aromatic heterocycles. The number of rotatable bonds is 6. The number of anilines is 1. The van der Waals surface area contributed by atoms with E-state index in [0.717, 1.165) is 37.3 Å². The van der Waals surface area contributed by atoms with Crippen LogP contribution in [-0.4, -0.2) is 41.9 Å². The van der Waals surface area contributed by atoms with Gasteiger partial charge in [0.15, 0.2) is 0 Å². The van der Waals surface area contributed by atoms with Gasteiger partial charge >= 0.3 is 0 Å². The van der Waals surface area contributed by atoms with Crippen LogP contribution in [0, 0.1) is 0 Å². The van der Waals surface area contributed by atoms with Gasteiger partial charge in [0.05, 0.1) is 12.6 Å². The van der Waals surface area contributed by atoms with Gasteiger partial charge < -0.3 is 19.9 Å². The molecule has 0 bridgehead atoms. The Bertz CT molecular complexity index is 563. The third-order valence-corrected chi connectivity index (χ3v) is 3.43. The topological polar surface area (TPSA) is 85.1 Å². The summed E-state index contributed by atoms with van der Waals surface area (Å²) in [6, 6.07) is 4.02. The van der Waals surface area contributed by atoms with Crippen molar-refractivity contribution in [3.8, 4) is 11.4 Å². The smallest absolute Gasteiger partial charge is 0.244 e. The van der Waals surface area contributed by atoms with Gasteiger partial charge in [0.25, 0.3) is 0 Å². The van der Waals surface area contributed by atoms with Gasteiger partial charge in [-0.1, -0.05) is 5.16 Å². The second kappa shape index (κ2) is 6.64. The van der Waals surface area contributed by atoms with Crippen LogP contribution in [0.15, 0.2) is 22.9 Å². The number of nitrogens with one attached hydrogen (secondary N) is 2. The van der Waals surface area contributed by atoms with Crippen molar-refractivity contribution in [2.24, 2.45) is 0 Å². The maximum Gasteiger partial charge on any atom is 0.244 e. The minimum absolute atomic E-state index is 0.189. The normalized spacial score (nSPS) is 18.0. The van der Waals surface area contributed by atoms with E-state index in [9.17, 15) is 0 Å². The summed E-state index contributed by atoms with van der Waals surface area (Å²) >= 11 is 0. The van der Waals surface area contributed by atoms with Crippen LogP contribution in [0.5, 0.6) is 0 Å². The Kier molecular flexibility index (Phi) is 4.42. The van der Waals surface area contributed by atoms with Crippen LogP contribution >= 0.6 is 0 Å². The van der Waals surface area contributed by atoms with Crippen LogP contribution in [0.25, 0.3) is 11.4 Å². The summed E-state index contributed by atoms with van der Waals surface area (Å²) in [4.78, 5) is 8.78. The molecule has 1 fully saturated rings. The van der Waals surface area contributed by atoms with Gasteiger partial charge in [-0.3, -0.25) is 0 Å². The maximum absolute atomic E-state index is 5.33. The lowest BCUT2D eigenvalue weighted by Gasteiger charge is -2.04. The second-order valence-corrected chi connectivity index (χ2v) is 4.96. The highest BCUT2D eigenvalue weighted by Crippen LogP contribution is 2.24. The molecule has 0 radical (unpaired) electrons. The molecule has 2 aromatic rings. The van der Waals surface area contributed by atoms with Gasteiger partial charge in [0.2, 0.25) is 11.7 Å². The maximum atomic E-state index is 5.33. The Balaban J connectivity index is 1.66. The fourth-order valence-corrected chi connectivity index (χ4v) is 2.30. The Morgan fingerprint density at radius 1 is 1.48 bits per heavy atom. The first-order valence-electron chi connectivity index (χ1n) is 7.13. The van der Waals surface area contributed by atoms with E-state index in [1.54, 1.807) is 13.3 Å². The van der Waals surface area contributed by atoms with Gasteiger partial charge in [0, 0.05) is 25.4 Å². The van der Waals surface area contributed by atoms with E-state index >= 15 is 0 Å². The third-order valence-electron chi connectivity index (χ3n) is 3.43. The first-order chi connectivity index (χ1) is 10.4. The third kappa shape index (κ3) is 3.37. The molecule has 0 amide bonds. The number of methoxy groups -OCH3 is 1. The fraction of sp³-hybridized carbons (Fsp3) is 0.500. The molecule has 1 saturated heterocycles. The first-order valence-corrected chi connectivity index (χ1v) is 7.13. The number of hydrogen-bond donors (Lipinski definition) is 2. The zero-order valence-corrected chi connectivity index (χ0v) is 12.0. The molecule has 1 aliphatic heterocycles. The summed E-state index contributed by atoms with van der Waals surface area (Å²) in [6.07, 6.45) is 3.93. The minimum Gasteiger partial charge on any atom is -0.383 e. The van der Waals surface area contributed by atoms with Gasteiger partial charge in [0.1, 0.15) is 5.82 Å². The van der Waals surface area contributed by atoms with E-state index in [4.69, 9.17) is 9.26 Å². The summed E-state index contributed by atoms with van der Waals surface area (Å²) in [7, 11) is 1.67. The predicted octanol–water partition coefficient (Wildman–Crippen LogP) is 1.61. The van der Waals surface area contributed by atoms with Crippen molar-refractivity contribution < 1.29 is 9.26 Å². The average molecular weight is 289 g/mol. The number of aromatic nitrogens is 3. The van der Waals surface area contributed by atoms with E-state index in [-0.39, 0.29) is 6.04 Å². The SMILES string of the molecule is COCCNc1ccc(-c2noc([C@@H]3CCCN3)n2)cn1. The molecule has 0 saturated carbocycles. The van der Waals surface area contributed by atoms with E-state index < -0.39 is 0 Å². The number of hydrogen-bond acceptors (Lipinski definition) is 7. The van der Waals surface area contributed by atoms with Gasteiger partial charge in [-0.2, -0.15) is 4.98 Å². The fourth-order valence-electron chi connectivity index (χ4n) is 2.30. The summed E-state index contributed by atoms with van der Waals surface area (Å²) < 4.78 is 10.3. The second-order valence-electron chi connectivity index (χ2n) is 4.96. The van der Waals surface area contributed by atoms with Crippen molar-refractivity contribution in [3.63, 3.8) is 0 Å². The molecule has 2 N–H and O–H groups in total. The largest absolute Gasteiger partial charge is 0.383 e. The molecule has 0 aromatic carbocycles. The van der Waals surface area contributed by atoms with Crippen molar-refractivity contribution in [1.82, 2.24) is 20.4 Å². The summed E-state index contributed by atoms with van der Waals surface area (Å²) in [6.45, 7) is 2.38. The van der Waals surface area contributed by atoms with Crippen LogP contribution in [0.3, 0.4) is 0 Å². The summed E-state index contributed by atoms with van der Waals surface area (Å²) in [5.74, 6) is 2.04. The Morgan fingerprint density at radius 3 is 3.14 bits per heavy atom.